The average molecular weight is 318 g/mol. The van der Waals surface area contributed by atoms with Gasteiger partial charge < -0.3 is 5.32 Å². The maximum atomic E-state index is 12.9. The summed E-state index contributed by atoms with van der Waals surface area (Å²) in [6.07, 6.45) is 3.42. The standard InChI is InChI=1S/C17H19FN2O3/c1-11-4-2-3-9-17(11)15(22)20(16(23)19-17)10-14(21)12-5-7-13(18)8-6-12/h5-8,11H,2-4,9-10H2,1H3,(H,19,23)/t11-,17+/m1/s1. The normalized spacial score (nSPS) is 27.4. The van der Waals surface area contributed by atoms with Crippen LogP contribution >= 0.6 is 0 Å². The number of nitrogens with one attached hydrogen (secondary N) is 1. The summed E-state index contributed by atoms with van der Waals surface area (Å²) in [4.78, 5) is 38.2. The van der Waals surface area contributed by atoms with Crippen LogP contribution in [0.25, 0.3) is 0 Å². The Hall–Kier alpha value is -2.24. The van der Waals surface area contributed by atoms with Gasteiger partial charge in [-0.1, -0.05) is 19.8 Å². The number of benzene rings is 1. The Balaban J connectivity index is 1.78. The van der Waals surface area contributed by atoms with Crippen molar-refractivity contribution in [2.45, 2.75) is 38.1 Å². The number of carbonyl (C=O) groups excluding carboxylic acids is 3. The monoisotopic (exact) mass is 318 g/mol. The van der Waals surface area contributed by atoms with Crippen LogP contribution in [0, 0.1) is 11.7 Å². The molecule has 122 valence electrons. The van der Waals surface area contributed by atoms with E-state index < -0.39 is 17.4 Å². The molecule has 1 N–H and O–H groups in total. The van der Waals surface area contributed by atoms with Crippen molar-refractivity contribution in [2.24, 2.45) is 5.92 Å². The van der Waals surface area contributed by atoms with E-state index in [9.17, 15) is 18.8 Å². The minimum Gasteiger partial charge on any atom is -0.323 e. The third-order valence-corrected chi connectivity index (χ3v) is 4.97. The van der Waals surface area contributed by atoms with Gasteiger partial charge in [0, 0.05) is 5.56 Å². The van der Waals surface area contributed by atoms with Gasteiger partial charge in [-0.2, -0.15) is 0 Å². The maximum absolute atomic E-state index is 12.9. The number of carbonyl (C=O) groups is 3. The summed E-state index contributed by atoms with van der Waals surface area (Å²) in [5.74, 6) is -1.08. The molecular formula is C17H19FN2O3. The van der Waals surface area contributed by atoms with Crippen LogP contribution in [0.3, 0.4) is 0 Å². The number of rotatable bonds is 3. The van der Waals surface area contributed by atoms with Gasteiger partial charge in [0.1, 0.15) is 11.4 Å². The highest BCUT2D eigenvalue weighted by Gasteiger charge is 2.55. The molecule has 1 aromatic rings. The first kappa shape index (κ1) is 15.6. The summed E-state index contributed by atoms with van der Waals surface area (Å²) in [5, 5.41) is 2.81. The summed E-state index contributed by atoms with van der Waals surface area (Å²) in [7, 11) is 0. The molecule has 0 unspecified atom stereocenters. The van der Waals surface area contributed by atoms with Gasteiger partial charge in [0.25, 0.3) is 5.91 Å². The van der Waals surface area contributed by atoms with Crippen molar-refractivity contribution in [3.63, 3.8) is 0 Å². The highest BCUT2D eigenvalue weighted by atomic mass is 19.1. The van der Waals surface area contributed by atoms with Crippen molar-refractivity contribution in [1.29, 1.82) is 0 Å². The highest BCUT2D eigenvalue weighted by Crippen LogP contribution is 2.38. The quantitative estimate of drug-likeness (QED) is 0.688. The SMILES string of the molecule is C[C@@H]1CCCC[C@]12NC(=O)N(CC(=O)c1ccc(F)cc1)C2=O. The molecule has 1 spiro atoms. The number of halogens is 1. The van der Waals surface area contributed by atoms with Gasteiger partial charge in [0.2, 0.25) is 0 Å². The fraction of sp³-hybridized carbons (Fsp3) is 0.471. The molecule has 1 saturated heterocycles. The lowest BCUT2D eigenvalue weighted by molar-refractivity contribution is -0.133. The fourth-order valence-electron chi connectivity index (χ4n) is 3.51. The number of imide groups is 1. The molecule has 0 bridgehead atoms. The fourth-order valence-corrected chi connectivity index (χ4v) is 3.51. The molecule has 23 heavy (non-hydrogen) atoms. The third-order valence-electron chi connectivity index (χ3n) is 4.97. The minimum absolute atomic E-state index is 0.0543. The summed E-state index contributed by atoms with van der Waals surface area (Å²) in [6.45, 7) is 1.65. The van der Waals surface area contributed by atoms with Crippen LogP contribution in [-0.4, -0.2) is 34.7 Å². The zero-order chi connectivity index (χ0) is 16.6. The highest BCUT2D eigenvalue weighted by molar-refractivity contribution is 6.11. The molecule has 0 radical (unpaired) electrons. The Kier molecular flexibility index (Phi) is 3.92. The topological polar surface area (TPSA) is 66.5 Å². The lowest BCUT2D eigenvalue weighted by atomic mass is 9.73. The van der Waals surface area contributed by atoms with Gasteiger partial charge in [-0.15, -0.1) is 0 Å². The number of hydrogen-bond acceptors (Lipinski definition) is 3. The number of nitrogens with zero attached hydrogens (tertiary/aromatic N) is 1. The van der Waals surface area contributed by atoms with Gasteiger partial charge in [0.15, 0.2) is 5.78 Å². The van der Waals surface area contributed by atoms with E-state index in [1.54, 1.807) is 0 Å². The van der Waals surface area contributed by atoms with Crippen LogP contribution in [0.4, 0.5) is 9.18 Å². The molecule has 1 saturated carbocycles. The van der Waals surface area contributed by atoms with E-state index in [0.29, 0.717) is 6.42 Å². The zero-order valence-electron chi connectivity index (χ0n) is 13.0. The van der Waals surface area contributed by atoms with Crippen molar-refractivity contribution in [3.8, 4) is 0 Å². The van der Waals surface area contributed by atoms with E-state index >= 15 is 0 Å². The van der Waals surface area contributed by atoms with E-state index in [2.05, 4.69) is 5.32 Å². The van der Waals surface area contributed by atoms with E-state index in [1.807, 2.05) is 6.92 Å². The van der Waals surface area contributed by atoms with Crippen molar-refractivity contribution in [1.82, 2.24) is 10.2 Å². The summed E-state index contributed by atoms with van der Waals surface area (Å²) >= 11 is 0. The Bertz CT molecular complexity index is 658. The van der Waals surface area contributed by atoms with Crippen LogP contribution in [-0.2, 0) is 4.79 Å². The summed E-state index contributed by atoms with van der Waals surface area (Å²) < 4.78 is 12.9. The Morgan fingerprint density at radius 1 is 1.30 bits per heavy atom. The first-order valence-corrected chi connectivity index (χ1v) is 7.87. The van der Waals surface area contributed by atoms with Crippen molar-refractivity contribution >= 4 is 17.7 Å². The maximum Gasteiger partial charge on any atom is 0.325 e. The molecule has 6 heteroatoms. The predicted octanol–water partition coefficient (Wildman–Crippen LogP) is 2.51. The van der Waals surface area contributed by atoms with Gasteiger partial charge in [-0.3, -0.25) is 14.5 Å². The smallest absolute Gasteiger partial charge is 0.323 e. The number of Topliss-reactive ketones (excluding diaryl/α,β-unsaturated/α-hetero) is 1. The largest absolute Gasteiger partial charge is 0.325 e. The number of amides is 3. The van der Waals surface area contributed by atoms with E-state index in [4.69, 9.17) is 0 Å². The van der Waals surface area contributed by atoms with Crippen molar-refractivity contribution in [2.75, 3.05) is 6.54 Å². The second-order valence-electron chi connectivity index (χ2n) is 6.37. The Morgan fingerprint density at radius 2 is 2.00 bits per heavy atom. The molecule has 3 rings (SSSR count). The molecule has 1 aliphatic heterocycles. The average Bonchev–Trinajstić information content (AvgIpc) is 2.76. The van der Waals surface area contributed by atoms with Gasteiger partial charge >= 0.3 is 6.03 Å². The zero-order valence-corrected chi connectivity index (χ0v) is 13.0. The molecule has 1 heterocycles. The molecule has 2 fully saturated rings. The summed E-state index contributed by atoms with van der Waals surface area (Å²) in [5.41, 5.74) is -0.581. The molecule has 0 aromatic heterocycles. The van der Waals surface area contributed by atoms with Crippen LogP contribution in [0.1, 0.15) is 43.0 Å². The first-order valence-electron chi connectivity index (χ1n) is 7.87. The Labute approximate surface area is 133 Å². The molecule has 2 atom stereocenters. The first-order chi connectivity index (χ1) is 10.9. The lowest BCUT2D eigenvalue weighted by Gasteiger charge is -2.36. The molecule has 1 aliphatic carbocycles. The van der Waals surface area contributed by atoms with Gasteiger partial charge in [-0.05, 0) is 43.0 Å². The van der Waals surface area contributed by atoms with Crippen LogP contribution < -0.4 is 5.32 Å². The van der Waals surface area contributed by atoms with E-state index in [1.165, 1.54) is 24.3 Å². The second-order valence-corrected chi connectivity index (χ2v) is 6.37. The predicted molar refractivity (Wildman–Crippen MR) is 81.3 cm³/mol. The number of urea groups is 1. The minimum atomic E-state index is -0.863. The molecule has 2 aliphatic rings. The number of hydrogen-bond donors (Lipinski definition) is 1. The van der Waals surface area contributed by atoms with Crippen molar-refractivity contribution in [3.05, 3.63) is 35.6 Å². The van der Waals surface area contributed by atoms with Gasteiger partial charge in [0.05, 0.1) is 6.54 Å². The van der Waals surface area contributed by atoms with Crippen LogP contribution in [0.2, 0.25) is 0 Å². The second kappa shape index (κ2) is 5.76. The third kappa shape index (κ3) is 2.62. The molecule has 3 amide bonds. The Morgan fingerprint density at radius 3 is 2.65 bits per heavy atom. The van der Waals surface area contributed by atoms with Gasteiger partial charge in [-0.25, -0.2) is 9.18 Å². The number of ketones is 1. The van der Waals surface area contributed by atoms with Crippen LogP contribution in [0.5, 0.6) is 0 Å². The van der Waals surface area contributed by atoms with E-state index in [0.717, 1.165) is 24.2 Å². The van der Waals surface area contributed by atoms with Crippen LogP contribution in [0.15, 0.2) is 24.3 Å². The van der Waals surface area contributed by atoms with E-state index in [-0.39, 0.29) is 29.7 Å². The lowest BCUT2D eigenvalue weighted by Crippen LogP contribution is -2.54. The molecular weight excluding hydrogens is 299 g/mol. The van der Waals surface area contributed by atoms with Crippen molar-refractivity contribution < 1.29 is 18.8 Å². The summed E-state index contributed by atoms with van der Waals surface area (Å²) in [6, 6.07) is 4.57. The molecule has 5 nitrogen and oxygen atoms in total. The molecule has 1 aromatic carbocycles.